The van der Waals surface area contributed by atoms with Crippen LogP contribution in [-0.2, 0) is 4.79 Å². The molecular formula is C17H25N3O2. The van der Waals surface area contributed by atoms with E-state index < -0.39 is 0 Å². The first-order valence-corrected chi connectivity index (χ1v) is 7.87. The van der Waals surface area contributed by atoms with Crippen molar-refractivity contribution in [3.63, 3.8) is 0 Å². The van der Waals surface area contributed by atoms with Crippen LogP contribution in [0.1, 0.15) is 43.5 Å². The third kappa shape index (κ3) is 4.23. The molecule has 1 heterocycles. The van der Waals surface area contributed by atoms with Crippen molar-refractivity contribution in [2.75, 3.05) is 18.9 Å². The summed E-state index contributed by atoms with van der Waals surface area (Å²) < 4.78 is 0. The monoisotopic (exact) mass is 303 g/mol. The Morgan fingerprint density at radius 2 is 2.00 bits per heavy atom. The molecule has 0 spiro atoms. The minimum Gasteiger partial charge on any atom is -0.382 e. The predicted octanol–water partition coefficient (Wildman–Crippen LogP) is 2.25. The summed E-state index contributed by atoms with van der Waals surface area (Å²) in [5, 5.41) is 6.37. The number of hydrogen-bond acceptors (Lipinski definition) is 3. The van der Waals surface area contributed by atoms with E-state index in [1.54, 1.807) is 4.90 Å². The summed E-state index contributed by atoms with van der Waals surface area (Å²) in [6.07, 6.45) is 2.00. The molecular weight excluding hydrogens is 278 g/mol. The minimum atomic E-state index is -0.0780. The second-order valence-corrected chi connectivity index (χ2v) is 6.16. The van der Waals surface area contributed by atoms with Crippen molar-refractivity contribution >= 4 is 17.5 Å². The van der Waals surface area contributed by atoms with E-state index in [2.05, 4.69) is 10.6 Å². The lowest BCUT2D eigenvalue weighted by Gasteiger charge is -2.19. The SMILES string of the molecule is CC(C)Nc1ccccc1C(=O)NC1CCC(=O)N(C)CC1. The molecule has 0 radical (unpaired) electrons. The molecule has 22 heavy (non-hydrogen) atoms. The summed E-state index contributed by atoms with van der Waals surface area (Å²) in [6, 6.07) is 7.84. The highest BCUT2D eigenvalue weighted by molar-refractivity contribution is 5.99. The smallest absolute Gasteiger partial charge is 0.253 e. The molecule has 1 saturated heterocycles. The fourth-order valence-corrected chi connectivity index (χ4v) is 2.63. The number of para-hydroxylation sites is 1. The third-order valence-corrected chi connectivity index (χ3v) is 3.90. The number of amides is 2. The van der Waals surface area contributed by atoms with Gasteiger partial charge in [0.05, 0.1) is 5.56 Å². The molecule has 1 atom stereocenters. The van der Waals surface area contributed by atoms with E-state index in [0.29, 0.717) is 24.9 Å². The van der Waals surface area contributed by atoms with Crippen LogP contribution in [0.25, 0.3) is 0 Å². The maximum Gasteiger partial charge on any atom is 0.253 e. The maximum absolute atomic E-state index is 12.5. The van der Waals surface area contributed by atoms with Crippen molar-refractivity contribution < 1.29 is 9.59 Å². The standard InChI is InChI=1S/C17H25N3O2/c1-12(2)18-15-7-5-4-6-14(15)17(22)19-13-8-9-16(21)20(3)11-10-13/h4-7,12-13,18H,8-11H2,1-3H3,(H,19,22). The molecule has 1 aromatic rings. The van der Waals surface area contributed by atoms with Gasteiger partial charge in [0, 0.05) is 37.8 Å². The zero-order chi connectivity index (χ0) is 16.1. The molecule has 5 nitrogen and oxygen atoms in total. The molecule has 2 N–H and O–H groups in total. The normalized spacial score (nSPS) is 19.0. The highest BCUT2D eigenvalue weighted by atomic mass is 16.2. The Bertz CT molecular complexity index is 542. The first-order valence-electron chi connectivity index (χ1n) is 7.87. The van der Waals surface area contributed by atoms with Crippen molar-refractivity contribution in [2.45, 2.75) is 45.2 Å². The second kappa shape index (κ2) is 7.29. The van der Waals surface area contributed by atoms with E-state index in [-0.39, 0.29) is 23.9 Å². The number of nitrogens with zero attached hydrogens (tertiary/aromatic N) is 1. The van der Waals surface area contributed by atoms with Gasteiger partial charge in [-0.25, -0.2) is 0 Å². The number of hydrogen-bond donors (Lipinski definition) is 2. The summed E-state index contributed by atoms with van der Waals surface area (Å²) in [5.74, 6) is 0.0735. The van der Waals surface area contributed by atoms with Gasteiger partial charge in [-0.3, -0.25) is 9.59 Å². The van der Waals surface area contributed by atoms with Crippen molar-refractivity contribution in [1.29, 1.82) is 0 Å². The topological polar surface area (TPSA) is 61.4 Å². The molecule has 1 aliphatic heterocycles. The largest absolute Gasteiger partial charge is 0.382 e. The molecule has 0 aliphatic carbocycles. The van der Waals surface area contributed by atoms with Crippen LogP contribution in [0.15, 0.2) is 24.3 Å². The van der Waals surface area contributed by atoms with Crippen LogP contribution < -0.4 is 10.6 Å². The fraction of sp³-hybridized carbons (Fsp3) is 0.529. The number of likely N-dealkylation sites (tertiary alicyclic amines) is 1. The molecule has 5 heteroatoms. The third-order valence-electron chi connectivity index (χ3n) is 3.90. The van der Waals surface area contributed by atoms with E-state index in [9.17, 15) is 9.59 Å². The van der Waals surface area contributed by atoms with Crippen LogP contribution in [0.3, 0.4) is 0 Å². The van der Waals surface area contributed by atoms with Gasteiger partial charge < -0.3 is 15.5 Å². The fourth-order valence-electron chi connectivity index (χ4n) is 2.63. The van der Waals surface area contributed by atoms with E-state index in [1.807, 2.05) is 45.2 Å². The highest BCUT2D eigenvalue weighted by Crippen LogP contribution is 2.18. The summed E-state index contributed by atoms with van der Waals surface area (Å²) in [5.41, 5.74) is 1.50. The number of carbonyl (C=O) groups excluding carboxylic acids is 2. The van der Waals surface area contributed by atoms with Gasteiger partial charge in [-0.15, -0.1) is 0 Å². The quantitative estimate of drug-likeness (QED) is 0.897. The molecule has 1 unspecified atom stereocenters. The minimum absolute atomic E-state index is 0.0495. The highest BCUT2D eigenvalue weighted by Gasteiger charge is 2.22. The van der Waals surface area contributed by atoms with Crippen LogP contribution in [0.5, 0.6) is 0 Å². The van der Waals surface area contributed by atoms with Gasteiger partial charge in [0.25, 0.3) is 5.91 Å². The lowest BCUT2D eigenvalue weighted by atomic mass is 10.1. The number of benzene rings is 1. The maximum atomic E-state index is 12.5. The van der Waals surface area contributed by atoms with Gasteiger partial charge in [0.2, 0.25) is 5.91 Å². The molecule has 0 aromatic heterocycles. The molecule has 0 bridgehead atoms. The summed E-state index contributed by atoms with van der Waals surface area (Å²) in [6.45, 7) is 4.78. The Balaban J connectivity index is 2.04. The summed E-state index contributed by atoms with van der Waals surface area (Å²) in [4.78, 5) is 26.0. The molecule has 1 aliphatic rings. The molecule has 0 saturated carbocycles. The number of anilines is 1. The van der Waals surface area contributed by atoms with Gasteiger partial charge in [-0.05, 0) is 38.8 Å². The van der Waals surface area contributed by atoms with Crippen molar-refractivity contribution in [1.82, 2.24) is 10.2 Å². The molecule has 2 rings (SSSR count). The van der Waals surface area contributed by atoms with Gasteiger partial charge >= 0.3 is 0 Å². The number of nitrogens with one attached hydrogen (secondary N) is 2. The van der Waals surface area contributed by atoms with E-state index in [0.717, 1.165) is 12.1 Å². The Labute approximate surface area is 132 Å². The van der Waals surface area contributed by atoms with Crippen molar-refractivity contribution in [3.05, 3.63) is 29.8 Å². The molecule has 2 amide bonds. The first kappa shape index (κ1) is 16.3. The Morgan fingerprint density at radius 1 is 1.27 bits per heavy atom. The first-order chi connectivity index (χ1) is 10.5. The van der Waals surface area contributed by atoms with Crippen LogP contribution >= 0.6 is 0 Å². The van der Waals surface area contributed by atoms with E-state index >= 15 is 0 Å². The van der Waals surface area contributed by atoms with Crippen molar-refractivity contribution in [2.24, 2.45) is 0 Å². The van der Waals surface area contributed by atoms with Crippen LogP contribution in [0.2, 0.25) is 0 Å². The Kier molecular flexibility index (Phi) is 5.41. The number of rotatable bonds is 4. The van der Waals surface area contributed by atoms with Gasteiger partial charge in [-0.2, -0.15) is 0 Å². The molecule has 120 valence electrons. The Morgan fingerprint density at radius 3 is 2.73 bits per heavy atom. The van der Waals surface area contributed by atoms with E-state index in [1.165, 1.54) is 0 Å². The Hall–Kier alpha value is -2.04. The van der Waals surface area contributed by atoms with Crippen LogP contribution in [0, 0.1) is 0 Å². The van der Waals surface area contributed by atoms with Crippen LogP contribution in [0.4, 0.5) is 5.69 Å². The van der Waals surface area contributed by atoms with E-state index in [4.69, 9.17) is 0 Å². The average molecular weight is 303 g/mol. The lowest BCUT2D eigenvalue weighted by Crippen LogP contribution is -2.36. The summed E-state index contributed by atoms with van der Waals surface area (Å²) >= 11 is 0. The van der Waals surface area contributed by atoms with Crippen LogP contribution in [-0.4, -0.2) is 42.4 Å². The lowest BCUT2D eigenvalue weighted by molar-refractivity contribution is -0.129. The van der Waals surface area contributed by atoms with Crippen molar-refractivity contribution in [3.8, 4) is 0 Å². The second-order valence-electron chi connectivity index (χ2n) is 6.16. The zero-order valence-corrected chi connectivity index (χ0v) is 13.6. The average Bonchev–Trinajstić information content (AvgIpc) is 2.63. The molecule has 1 fully saturated rings. The van der Waals surface area contributed by atoms with Gasteiger partial charge in [0.15, 0.2) is 0 Å². The summed E-state index contributed by atoms with van der Waals surface area (Å²) in [7, 11) is 1.81. The van der Waals surface area contributed by atoms with Gasteiger partial charge in [0.1, 0.15) is 0 Å². The zero-order valence-electron chi connectivity index (χ0n) is 13.6. The predicted molar refractivity (Wildman–Crippen MR) is 87.9 cm³/mol. The number of carbonyl (C=O) groups is 2. The van der Waals surface area contributed by atoms with Gasteiger partial charge in [-0.1, -0.05) is 12.1 Å². The molecule has 1 aromatic carbocycles.